The number of nitrogens with zero attached hydrogens (tertiary/aromatic N) is 1. The third-order valence-electron chi connectivity index (χ3n) is 4.50. The Balaban J connectivity index is 1.71. The molecule has 3 atom stereocenters. The average Bonchev–Trinajstić information content (AvgIpc) is 2.88. The molecule has 1 heterocycles. The third-order valence-corrected chi connectivity index (χ3v) is 5.54. The lowest BCUT2D eigenvalue weighted by Gasteiger charge is -2.23. The Morgan fingerprint density at radius 3 is 2.77 bits per heavy atom. The molecule has 2 N–H and O–H groups in total. The Hall–Kier alpha value is -1.69. The van der Waals surface area contributed by atoms with E-state index < -0.39 is 17.8 Å². The van der Waals surface area contributed by atoms with Gasteiger partial charge in [-0.1, -0.05) is 19.1 Å². The summed E-state index contributed by atoms with van der Waals surface area (Å²) in [6.07, 6.45) is 7.74. The maximum Gasteiger partial charge on any atom is 0.307 e. The molecule has 1 aromatic heterocycles. The smallest absolute Gasteiger partial charge is 0.307 e. The van der Waals surface area contributed by atoms with Gasteiger partial charge in [-0.05, 0) is 38.0 Å². The van der Waals surface area contributed by atoms with E-state index in [-0.39, 0.29) is 5.91 Å². The normalized spacial score (nSPS) is 27.2. The summed E-state index contributed by atoms with van der Waals surface area (Å²) in [6.45, 7) is 2.23. The first kappa shape index (κ1) is 15.2. The first-order valence-electron chi connectivity index (χ1n) is 7.72. The number of carbonyl (C=O) groups excluding carboxylic acids is 1. The first-order valence-corrected chi connectivity index (χ1v) is 8.53. The molecule has 0 bridgehead atoms. The molecule has 0 saturated heterocycles. The molecule has 5 nitrogen and oxygen atoms in total. The molecule has 0 unspecified atom stereocenters. The largest absolute Gasteiger partial charge is 0.481 e. The van der Waals surface area contributed by atoms with Crippen LogP contribution in [0.2, 0.25) is 0 Å². The molecule has 0 aliphatic heterocycles. The molecule has 22 heavy (non-hydrogen) atoms. The molecule has 0 saturated carbocycles. The van der Waals surface area contributed by atoms with Gasteiger partial charge in [0.2, 0.25) is 5.91 Å². The van der Waals surface area contributed by atoms with E-state index >= 15 is 0 Å². The molecular formula is C16H20N2O3S. The van der Waals surface area contributed by atoms with E-state index in [1.807, 2.05) is 12.2 Å². The number of hydrogen-bond acceptors (Lipinski definition) is 4. The molecule has 0 fully saturated rings. The number of carboxylic acid groups (broad SMARTS) is 1. The Morgan fingerprint density at radius 1 is 1.32 bits per heavy atom. The lowest BCUT2D eigenvalue weighted by molar-refractivity contribution is -0.146. The molecule has 0 radical (unpaired) electrons. The highest BCUT2D eigenvalue weighted by atomic mass is 32.1. The van der Waals surface area contributed by atoms with Gasteiger partial charge in [-0.2, -0.15) is 0 Å². The van der Waals surface area contributed by atoms with E-state index in [0.717, 1.165) is 25.0 Å². The molecule has 0 spiro atoms. The highest BCUT2D eigenvalue weighted by Gasteiger charge is 2.34. The Bertz CT molecular complexity index is 623. The summed E-state index contributed by atoms with van der Waals surface area (Å²) in [4.78, 5) is 29.5. The van der Waals surface area contributed by atoms with Gasteiger partial charge in [0.1, 0.15) is 0 Å². The van der Waals surface area contributed by atoms with Crippen LogP contribution in [0.5, 0.6) is 0 Å². The third kappa shape index (κ3) is 3.06. The second kappa shape index (κ2) is 6.20. The van der Waals surface area contributed by atoms with E-state index in [2.05, 4.69) is 17.2 Å². The average molecular weight is 320 g/mol. The lowest BCUT2D eigenvalue weighted by atomic mass is 9.82. The van der Waals surface area contributed by atoms with Gasteiger partial charge in [-0.25, -0.2) is 4.98 Å². The van der Waals surface area contributed by atoms with Crippen LogP contribution in [0.25, 0.3) is 0 Å². The number of hydrogen-bond donors (Lipinski definition) is 2. The number of carboxylic acids is 1. The van der Waals surface area contributed by atoms with Gasteiger partial charge in [0.05, 0.1) is 17.5 Å². The maximum absolute atomic E-state index is 12.4. The van der Waals surface area contributed by atoms with Crippen molar-refractivity contribution in [3.8, 4) is 0 Å². The molecule has 1 amide bonds. The minimum Gasteiger partial charge on any atom is -0.481 e. The van der Waals surface area contributed by atoms with Crippen LogP contribution >= 0.6 is 11.3 Å². The van der Waals surface area contributed by atoms with E-state index in [1.165, 1.54) is 16.2 Å². The van der Waals surface area contributed by atoms with Crippen LogP contribution in [-0.2, 0) is 22.4 Å². The predicted molar refractivity (Wildman–Crippen MR) is 84.9 cm³/mol. The van der Waals surface area contributed by atoms with Gasteiger partial charge >= 0.3 is 5.97 Å². The van der Waals surface area contributed by atoms with Gasteiger partial charge in [-0.3, -0.25) is 9.59 Å². The number of rotatable bonds is 3. The number of fused-ring (bicyclic) bond motifs is 1. The first-order chi connectivity index (χ1) is 10.5. The van der Waals surface area contributed by atoms with Crippen molar-refractivity contribution < 1.29 is 14.7 Å². The van der Waals surface area contributed by atoms with Gasteiger partial charge in [-0.15, -0.1) is 11.3 Å². The topological polar surface area (TPSA) is 79.3 Å². The minimum atomic E-state index is -0.906. The molecule has 0 aromatic carbocycles. The zero-order valence-electron chi connectivity index (χ0n) is 12.5. The fourth-order valence-corrected chi connectivity index (χ4v) is 4.34. The fourth-order valence-electron chi connectivity index (χ4n) is 3.17. The molecule has 2 aliphatic rings. The van der Waals surface area contributed by atoms with Crippen molar-refractivity contribution in [3.05, 3.63) is 22.7 Å². The summed E-state index contributed by atoms with van der Waals surface area (Å²) >= 11 is 1.53. The number of aryl methyl sites for hydroxylation is 1. The van der Waals surface area contributed by atoms with Crippen LogP contribution in [0.3, 0.4) is 0 Å². The standard InChI is InChI=1S/C16H20N2O3S/c1-9-6-7-12-13(8-9)22-16(17-12)18-14(19)10-4-2-3-5-11(10)15(20)21/h2-3,9-11H,4-8H2,1H3,(H,20,21)(H,17,18,19)/t9-,10+,11-/m1/s1. The number of aliphatic carboxylic acids is 1. The number of thiazole rings is 1. The number of aromatic nitrogens is 1. The van der Waals surface area contributed by atoms with Crippen LogP contribution in [0.1, 0.15) is 36.8 Å². The van der Waals surface area contributed by atoms with Gasteiger partial charge in [0, 0.05) is 4.88 Å². The van der Waals surface area contributed by atoms with Crippen LogP contribution in [0, 0.1) is 17.8 Å². The molecule has 3 rings (SSSR count). The monoisotopic (exact) mass is 320 g/mol. The van der Waals surface area contributed by atoms with Gasteiger partial charge in [0.15, 0.2) is 5.13 Å². The number of anilines is 1. The molecule has 2 aliphatic carbocycles. The van der Waals surface area contributed by atoms with Crippen molar-refractivity contribution in [2.75, 3.05) is 5.32 Å². The van der Waals surface area contributed by atoms with E-state index in [9.17, 15) is 14.7 Å². The molecular weight excluding hydrogens is 300 g/mol. The molecule has 6 heteroatoms. The quantitative estimate of drug-likeness (QED) is 0.839. The van der Waals surface area contributed by atoms with Crippen LogP contribution in [0.4, 0.5) is 5.13 Å². The summed E-state index contributed by atoms with van der Waals surface area (Å²) < 4.78 is 0. The highest BCUT2D eigenvalue weighted by Crippen LogP contribution is 2.33. The summed E-state index contributed by atoms with van der Waals surface area (Å²) in [6, 6.07) is 0. The summed E-state index contributed by atoms with van der Waals surface area (Å²) in [5.41, 5.74) is 1.09. The zero-order valence-corrected chi connectivity index (χ0v) is 13.4. The van der Waals surface area contributed by atoms with Crippen molar-refractivity contribution >= 4 is 28.3 Å². The zero-order chi connectivity index (χ0) is 15.7. The second-order valence-electron chi connectivity index (χ2n) is 6.22. The van der Waals surface area contributed by atoms with Crippen molar-refractivity contribution in [1.82, 2.24) is 4.98 Å². The van der Waals surface area contributed by atoms with Crippen LogP contribution in [-0.4, -0.2) is 22.0 Å². The minimum absolute atomic E-state index is 0.226. The van der Waals surface area contributed by atoms with Crippen molar-refractivity contribution in [1.29, 1.82) is 0 Å². The molecule has 1 aromatic rings. The maximum atomic E-state index is 12.4. The van der Waals surface area contributed by atoms with Crippen LogP contribution < -0.4 is 5.32 Å². The van der Waals surface area contributed by atoms with E-state index in [0.29, 0.717) is 23.9 Å². The van der Waals surface area contributed by atoms with Crippen molar-refractivity contribution in [3.63, 3.8) is 0 Å². The summed E-state index contributed by atoms with van der Waals surface area (Å²) in [5, 5.41) is 12.7. The lowest BCUT2D eigenvalue weighted by Crippen LogP contribution is -2.34. The van der Waals surface area contributed by atoms with Gasteiger partial charge < -0.3 is 10.4 Å². The Kier molecular flexibility index (Phi) is 4.29. The van der Waals surface area contributed by atoms with Crippen molar-refractivity contribution in [2.45, 2.75) is 39.0 Å². The van der Waals surface area contributed by atoms with Crippen LogP contribution in [0.15, 0.2) is 12.2 Å². The molecule has 118 valence electrons. The van der Waals surface area contributed by atoms with E-state index in [4.69, 9.17) is 0 Å². The number of nitrogens with one attached hydrogen (secondary N) is 1. The van der Waals surface area contributed by atoms with E-state index in [1.54, 1.807) is 0 Å². The van der Waals surface area contributed by atoms with Crippen molar-refractivity contribution in [2.24, 2.45) is 17.8 Å². The van der Waals surface area contributed by atoms with Gasteiger partial charge in [0.25, 0.3) is 0 Å². The predicted octanol–water partition coefficient (Wildman–Crippen LogP) is 2.87. The summed E-state index contributed by atoms with van der Waals surface area (Å²) in [7, 11) is 0. The summed E-state index contributed by atoms with van der Waals surface area (Å²) in [5.74, 6) is -1.62. The Labute approximate surface area is 133 Å². The second-order valence-corrected chi connectivity index (χ2v) is 7.30. The number of carbonyl (C=O) groups is 2. The highest BCUT2D eigenvalue weighted by molar-refractivity contribution is 7.15. The Morgan fingerprint density at radius 2 is 2.05 bits per heavy atom. The number of allylic oxidation sites excluding steroid dienone is 2. The number of amides is 1. The SMILES string of the molecule is C[C@@H]1CCc2nc(NC(=O)[C@H]3CC=CC[C@H]3C(=O)O)sc2C1. The fraction of sp³-hybridized carbons (Fsp3) is 0.562.